The normalized spacial score (nSPS) is 16.1. The van der Waals surface area contributed by atoms with Gasteiger partial charge in [-0.15, -0.1) is 0 Å². The smallest absolute Gasteiger partial charge is 0.254 e. The Morgan fingerprint density at radius 2 is 2.15 bits per heavy atom. The van der Waals surface area contributed by atoms with Crippen LogP contribution in [0.15, 0.2) is 23.1 Å². The van der Waals surface area contributed by atoms with Gasteiger partial charge in [0.25, 0.3) is 11.5 Å². The van der Waals surface area contributed by atoms with Crippen LogP contribution in [0.4, 0.5) is 0 Å². The van der Waals surface area contributed by atoms with E-state index in [-0.39, 0.29) is 17.5 Å². The maximum atomic E-state index is 12.7. The average molecular weight is 277 g/mol. The lowest BCUT2D eigenvalue weighted by Crippen LogP contribution is -2.46. The van der Waals surface area contributed by atoms with Crippen molar-refractivity contribution in [3.05, 3.63) is 34.2 Å². The number of hydrogen-bond acceptors (Lipinski definition) is 3. The molecule has 5 heteroatoms. The van der Waals surface area contributed by atoms with Crippen LogP contribution in [0.2, 0.25) is 0 Å². The molecule has 1 fully saturated rings. The molecule has 1 amide bonds. The Labute approximate surface area is 119 Å². The summed E-state index contributed by atoms with van der Waals surface area (Å²) in [7, 11) is 1.69. The number of nitrogens with zero attached hydrogens (tertiary/aromatic N) is 2. The number of hydrogen-bond donors (Lipinski definition) is 1. The van der Waals surface area contributed by atoms with Gasteiger partial charge in [-0.05, 0) is 38.4 Å². The van der Waals surface area contributed by atoms with Gasteiger partial charge in [0.15, 0.2) is 0 Å². The highest BCUT2D eigenvalue weighted by Gasteiger charge is 2.25. The summed E-state index contributed by atoms with van der Waals surface area (Å²) in [5.74, 6) is -0.0172. The van der Waals surface area contributed by atoms with Crippen molar-refractivity contribution in [2.45, 2.75) is 32.2 Å². The fourth-order valence-corrected chi connectivity index (χ4v) is 2.66. The predicted molar refractivity (Wildman–Crippen MR) is 78.9 cm³/mol. The van der Waals surface area contributed by atoms with Gasteiger partial charge >= 0.3 is 0 Å². The van der Waals surface area contributed by atoms with Gasteiger partial charge in [0, 0.05) is 37.5 Å². The van der Waals surface area contributed by atoms with Crippen molar-refractivity contribution in [3.63, 3.8) is 0 Å². The zero-order valence-electron chi connectivity index (χ0n) is 12.3. The standard InChI is InChI=1S/C15H23N3O2/c1-3-9-18(13-4-7-16-8-5-13)15(20)12-6-10-17(2)14(19)11-12/h6,10-11,13,16H,3-5,7-9H2,1-2H3. The van der Waals surface area contributed by atoms with Crippen molar-refractivity contribution in [1.82, 2.24) is 14.8 Å². The number of aromatic nitrogens is 1. The summed E-state index contributed by atoms with van der Waals surface area (Å²) >= 11 is 0. The molecule has 0 aromatic carbocycles. The molecular formula is C15H23N3O2. The first-order valence-electron chi connectivity index (χ1n) is 7.32. The van der Waals surface area contributed by atoms with Crippen LogP contribution in [0, 0.1) is 0 Å². The highest BCUT2D eigenvalue weighted by Crippen LogP contribution is 2.15. The molecule has 0 bridgehead atoms. The summed E-state index contributed by atoms with van der Waals surface area (Å²) in [6.45, 7) is 4.73. The molecule has 5 nitrogen and oxygen atoms in total. The second-order valence-corrected chi connectivity index (χ2v) is 5.34. The largest absolute Gasteiger partial charge is 0.336 e. The number of aryl methyl sites for hydroxylation is 1. The van der Waals surface area contributed by atoms with E-state index in [1.807, 2.05) is 4.90 Å². The van der Waals surface area contributed by atoms with Gasteiger partial charge < -0.3 is 14.8 Å². The molecule has 0 unspecified atom stereocenters. The number of piperidine rings is 1. The minimum Gasteiger partial charge on any atom is -0.336 e. The third-order valence-corrected chi connectivity index (χ3v) is 3.83. The summed E-state index contributed by atoms with van der Waals surface area (Å²) in [5.41, 5.74) is 0.359. The van der Waals surface area contributed by atoms with Gasteiger partial charge in [0.05, 0.1) is 0 Å². The molecule has 1 saturated heterocycles. The molecule has 2 heterocycles. The van der Waals surface area contributed by atoms with Crippen molar-refractivity contribution in [1.29, 1.82) is 0 Å². The second kappa shape index (κ2) is 6.70. The molecule has 0 radical (unpaired) electrons. The second-order valence-electron chi connectivity index (χ2n) is 5.34. The third-order valence-electron chi connectivity index (χ3n) is 3.83. The maximum absolute atomic E-state index is 12.7. The molecule has 0 spiro atoms. The molecular weight excluding hydrogens is 254 g/mol. The fourth-order valence-electron chi connectivity index (χ4n) is 2.66. The van der Waals surface area contributed by atoms with E-state index < -0.39 is 0 Å². The fraction of sp³-hybridized carbons (Fsp3) is 0.600. The average Bonchev–Trinajstić information content (AvgIpc) is 2.48. The summed E-state index contributed by atoms with van der Waals surface area (Å²) in [5, 5.41) is 3.32. The Kier molecular flexibility index (Phi) is 4.95. The summed E-state index contributed by atoms with van der Waals surface area (Å²) in [4.78, 5) is 26.3. The van der Waals surface area contributed by atoms with E-state index in [0.29, 0.717) is 5.56 Å². The first-order valence-corrected chi connectivity index (χ1v) is 7.32. The Morgan fingerprint density at radius 3 is 2.75 bits per heavy atom. The first kappa shape index (κ1) is 14.8. The van der Waals surface area contributed by atoms with E-state index in [0.717, 1.165) is 38.9 Å². The zero-order chi connectivity index (χ0) is 14.5. The number of rotatable bonds is 4. The molecule has 1 aromatic heterocycles. The quantitative estimate of drug-likeness (QED) is 0.893. The number of carbonyl (C=O) groups excluding carboxylic acids is 1. The monoisotopic (exact) mass is 277 g/mol. The van der Waals surface area contributed by atoms with E-state index in [1.165, 1.54) is 10.6 Å². The molecule has 20 heavy (non-hydrogen) atoms. The van der Waals surface area contributed by atoms with Gasteiger partial charge in [-0.2, -0.15) is 0 Å². The maximum Gasteiger partial charge on any atom is 0.254 e. The Bertz CT molecular complexity index is 518. The van der Waals surface area contributed by atoms with Crippen molar-refractivity contribution in [3.8, 4) is 0 Å². The molecule has 2 rings (SSSR count). The lowest BCUT2D eigenvalue weighted by Gasteiger charge is -2.34. The van der Waals surface area contributed by atoms with Crippen LogP contribution >= 0.6 is 0 Å². The molecule has 0 atom stereocenters. The molecule has 1 aliphatic heterocycles. The Morgan fingerprint density at radius 1 is 1.45 bits per heavy atom. The first-order chi connectivity index (χ1) is 9.63. The van der Waals surface area contributed by atoms with E-state index in [4.69, 9.17) is 0 Å². The Balaban J connectivity index is 2.21. The van der Waals surface area contributed by atoms with Crippen molar-refractivity contribution >= 4 is 5.91 Å². The van der Waals surface area contributed by atoms with Crippen LogP contribution in [0.25, 0.3) is 0 Å². The molecule has 0 aliphatic carbocycles. The van der Waals surface area contributed by atoms with Crippen molar-refractivity contribution in [2.75, 3.05) is 19.6 Å². The van der Waals surface area contributed by atoms with E-state index >= 15 is 0 Å². The SMILES string of the molecule is CCCN(C(=O)c1ccn(C)c(=O)c1)C1CCNCC1. The van der Waals surface area contributed by atoms with Crippen LogP contribution in [-0.4, -0.2) is 41.1 Å². The van der Waals surface area contributed by atoms with Crippen molar-refractivity contribution < 1.29 is 4.79 Å². The third kappa shape index (κ3) is 3.28. The van der Waals surface area contributed by atoms with Gasteiger partial charge in [-0.3, -0.25) is 9.59 Å². The highest BCUT2D eigenvalue weighted by atomic mass is 16.2. The van der Waals surface area contributed by atoms with Crippen LogP contribution in [0.3, 0.4) is 0 Å². The summed E-state index contributed by atoms with van der Waals surface area (Å²) in [6.07, 6.45) is 4.55. The van der Waals surface area contributed by atoms with E-state index in [1.54, 1.807) is 19.3 Å². The lowest BCUT2D eigenvalue weighted by atomic mass is 10.0. The topological polar surface area (TPSA) is 54.3 Å². The number of pyridine rings is 1. The zero-order valence-corrected chi connectivity index (χ0v) is 12.3. The highest BCUT2D eigenvalue weighted by molar-refractivity contribution is 5.94. The van der Waals surface area contributed by atoms with Gasteiger partial charge in [0.1, 0.15) is 0 Å². The van der Waals surface area contributed by atoms with Crippen LogP contribution in [0.5, 0.6) is 0 Å². The Hall–Kier alpha value is -1.62. The minimum absolute atomic E-state index is 0.0172. The van der Waals surface area contributed by atoms with Gasteiger partial charge in [-0.1, -0.05) is 6.92 Å². The van der Waals surface area contributed by atoms with Gasteiger partial charge in [-0.25, -0.2) is 0 Å². The summed E-state index contributed by atoms with van der Waals surface area (Å²) < 4.78 is 1.48. The number of nitrogens with one attached hydrogen (secondary N) is 1. The molecule has 0 saturated carbocycles. The van der Waals surface area contributed by atoms with Crippen LogP contribution < -0.4 is 10.9 Å². The van der Waals surface area contributed by atoms with Gasteiger partial charge in [0.2, 0.25) is 0 Å². The van der Waals surface area contributed by atoms with Crippen LogP contribution in [-0.2, 0) is 7.05 Å². The van der Waals surface area contributed by atoms with Crippen LogP contribution in [0.1, 0.15) is 36.5 Å². The molecule has 1 N–H and O–H groups in total. The number of amides is 1. The minimum atomic E-state index is -0.141. The summed E-state index contributed by atoms with van der Waals surface area (Å²) in [6, 6.07) is 3.45. The molecule has 110 valence electrons. The predicted octanol–water partition coefficient (Wildman–Crippen LogP) is 0.990. The van der Waals surface area contributed by atoms with E-state index in [2.05, 4.69) is 12.2 Å². The molecule has 1 aromatic rings. The molecule has 1 aliphatic rings. The van der Waals surface area contributed by atoms with E-state index in [9.17, 15) is 9.59 Å². The number of carbonyl (C=O) groups is 1. The van der Waals surface area contributed by atoms with Crippen molar-refractivity contribution in [2.24, 2.45) is 7.05 Å². The lowest BCUT2D eigenvalue weighted by molar-refractivity contribution is 0.0642.